The van der Waals surface area contributed by atoms with Crippen molar-refractivity contribution in [2.75, 3.05) is 20.3 Å². The number of para-hydroxylation sites is 1. The van der Waals surface area contributed by atoms with Gasteiger partial charge in [0.05, 0.1) is 10.5 Å². The molecule has 2 rings (SSSR count). The second-order valence-electron chi connectivity index (χ2n) is 6.06. The van der Waals surface area contributed by atoms with Crippen LogP contribution in [0.5, 0.6) is 5.75 Å². The molecule has 0 heterocycles. The lowest BCUT2D eigenvalue weighted by Gasteiger charge is -2.21. The Hall–Kier alpha value is -2.45. The zero-order valence-corrected chi connectivity index (χ0v) is 16.2. The molecule has 0 atom stereocenters. The van der Waals surface area contributed by atoms with Gasteiger partial charge < -0.3 is 9.47 Å². The first-order chi connectivity index (χ1) is 12.7. The van der Waals surface area contributed by atoms with E-state index in [-0.39, 0.29) is 35.5 Å². The number of rotatable bonds is 8. The number of hydrogen-bond acceptors (Lipinski definition) is 5. The van der Waals surface area contributed by atoms with E-state index in [0.717, 1.165) is 0 Å². The van der Waals surface area contributed by atoms with Crippen LogP contribution in [0.4, 0.5) is 4.39 Å². The molecule has 0 saturated heterocycles. The Morgan fingerprint density at radius 3 is 2.48 bits per heavy atom. The van der Waals surface area contributed by atoms with Crippen molar-refractivity contribution >= 4 is 16.0 Å². The van der Waals surface area contributed by atoms with Crippen LogP contribution < -0.4 is 4.74 Å². The van der Waals surface area contributed by atoms with Crippen molar-refractivity contribution in [3.63, 3.8) is 0 Å². The third kappa shape index (κ3) is 5.27. The molecular weight excluding hydrogens is 373 g/mol. The Morgan fingerprint density at radius 1 is 1.11 bits per heavy atom. The molecule has 0 spiro atoms. The molecule has 0 fully saturated rings. The molecule has 0 aliphatic heterocycles. The van der Waals surface area contributed by atoms with Crippen LogP contribution in [0.25, 0.3) is 0 Å². The van der Waals surface area contributed by atoms with Gasteiger partial charge in [-0.25, -0.2) is 17.6 Å². The molecule has 0 aliphatic carbocycles. The molecule has 0 aromatic heterocycles. The number of benzene rings is 2. The summed E-state index contributed by atoms with van der Waals surface area (Å²) in [4.78, 5) is 12.2. The highest BCUT2D eigenvalue weighted by Crippen LogP contribution is 2.18. The van der Waals surface area contributed by atoms with E-state index in [1.807, 2.05) is 0 Å². The molecule has 0 bridgehead atoms. The first-order valence-electron chi connectivity index (χ1n) is 8.36. The maximum atomic E-state index is 13.4. The largest absolute Gasteiger partial charge is 0.487 e. The van der Waals surface area contributed by atoms with Crippen LogP contribution in [0.15, 0.2) is 53.4 Å². The summed E-state index contributed by atoms with van der Waals surface area (Å²) < 4.78 is 50.0. The highest BCUT2D eigenvalue weighted by Gasteiger charge is 2.24. The first-order valence-corrected chi connectivity index (χ1v) is 9.80. The fourth-order valence-electron chi connectivity index (χ4n) is 2.16. The topological polar surface area (TPSA) is 72.9 Å². The highest BCUT2D eigenvalue weighted by molar-refractivity contribution is 7.89. The van der Waals surface area contributed by atoms with Gasteiger partial charge in [-0.05, 0) is 44.2 Å². The fourth-order valence-corrected chi connectivity index (χ4v) is 3.57. The van der Waals surface area contributed by atoms with Crippen LogP contribution in [0.2, 0.25) is 0 Å². The van der Waals surface area contributed by atoms with Crippen molar-refractivity contribution in [3.05, 3.63) is 59.9 Å². The van der Waals surface area contributed by atoms with Crippen molar-refractivity contribution in [1.29, 1.82) is 0 Å². The Labute approximate surface area is 158 Å². The first kappa shape index (κ1) is 20.9. The average Bonchev–Trinajstić information content (AvgIpc) is 2.65. The summed E-state index contributed by atoms with van der Waals surface area (Å²) in [7, 11) is -2.22. The molecule has 27 heavy (non-hydrogen) atoms. The van der Waals surface area contributed by atoms with Gasteiger partial charge in [0.15, 0.2) is 11.6 Å². The molecular formula is C19H22FNO5S. The smallest absolute Gasteiger partial charge is 0.338 e. The van der Waals surface area contributed by atoms with Gasteiger partial charge in [0.25, 0.3) is 0 Å². The van der Waals surface area contributed by atoms with Crippen LogP contribution in [-0.4, -0.2) is 45.0 Å². The summed E-state index contributed by atoms with van der Waals surface area (Å²) >= 11 is 0. The number of hydrogen-bond donors (Lipinski definition) is 0. The molecule has 0 saturated carbocycles. The third-order valence-corrected chi connectivity index (χ3v) is 5.91. The number of nitrogens with zero attached hydrogens (tertiary/aromatic N) is 1. The van der Waals surface area contributed by atoms with Crippen molar-refractivity contribution < 1.29 is 27.1 Å². The Kier molecular flexibility index (Phi) is 6.92. The van der Waals surface area contributed by atoms with Gasteiger partial charge in [-0.1, -0.05) is 18.2 Å². The summed E-state index contributed by atoms with van der Waals surface area (Å²) in [5.41, 5.74) is 0.110. The molecule has 0 amide bonds. The van der Waals surface area contributed by atoms with Crippen LogP contribution in [0.3, 0.4) is 0 Å². The van der Waals surface area contributed by atoms with Crippen LogP contribution >= 0.6 is 0 Å². The monoisotopic (exact) mass is 395 g/mol. The van der Waals surface area contributed by atoms with Crippen LogP contribution in [0, 0.1) is 5.82 Å². The molecule has 0 N–H and O–H groups in total. The predicted molar refractivity (Wildman–Crippen MR) is 98.7 cm³/mol. The highest BCUT2D eigenvalue weighted by atomic mass is 32.2. The summed E-state index contributed by atoms with van der Waals surface area (Å²) in [5.74, 6) is -1.12. The number of carbonyl (C=O) groups is 1. The second kappa shape index (κ2) is 8.96. The molecule has 2 aromatic rings. The molecule has 0 unspecified atom stereocenters. The van der Waals surface area contributed by atoms with Gasteiger partial charge in [0.2, 0.25) is 10.0 Å². The van der Waals surface area contributed by atoms with E-state index >= 15 is 0 Å². The van der Waals surface area contributed by atoms with Gasteiger partial charge in [0.1, 0.15) is 13.2 Å². The molecule has 2 aromatic carbocycles. The zero-order valence-electron chi connectivity index (χ0n) is 15.4. The minimum Gasteiger partial charge on any atom is -0.487 e. The van der Waals surface area contributed by atoms with E-state index in [9.17, 15) is 17.6 Å². The van der Waals surface area contributed by atoms with Crippen molar-refractivity contribution in [2.45, 2.75) is 24.8 Å². The van der Waals surface area contributed by atoms with Crippen LogP contribution in [0.1, 0.15) is 24.2 Å². The molecule has 0 radical (unpaired) electrons. The Bertz CT molecular complexity index is 898. The number of sulfonamides is 1. The van der Waals surface area contributed by atoms with Crippen LogP contribution in [-0.2, 0) is 14.8 Å². The number of ether oxygens (including phenoxy) is 2. The molecule has 8 heteroatoms. The van der Waals surface area contributed by atoms with Gasteiger partial charge in [-0.3, -0.25) is 0 Å². The van der Waals surface area contributed by atoms with Crippen molar-refractivity contribution in [3.8, 4) is 5.75 Å². The minimum absolute atomic E-state index is 0.00996. The lowest BCUT2D eigenvalue weighted by Crippen LogP contribution is -2.33. The zero-order chi connectivity index (χ0) is 20.0. The number of halogens is 1. The Balaban J connectivity index is 1.98. The molecule has 146 valence electrons. The summed E-state index contributed by atoms with van der Waals surface area (Å²) in [6, 6.07) is 11.3. The fraction of sp³-hybridized carbons (Fsp3) is 0.316. The third-order valence-electron chi connectivity index (χ3n) is 3.88. The van der Waals surface area contributed by atoms with Gasteiger partial charge in [-0.15, -0.1) is 0 Å². The summed E-state index contributed by atoms with van der Waals surface area (Å²) in [6.45, 7) is 3.38. The van der Waals surface area contributed by atoms with Gasteiger partial charge in [-0.2, -0.15) is 4.31 Å². The van der Waals surface area contributed by atoms with Gasteiger partial charge >= 0.3 is 5.97 Å². The average molecular weight is 395 g/mol. The number of esters is 1. The number of carbonyl (C=O) groups excluding carboxylic acids is 1. The lowest BCUT2D eigenvalue weighted by atomic mass is 10.2. The van der Waals surface area contributed by atoms with E-state index in [0.29, 0.717) is 0 Å². The maximum absolute atomic E-state index is 13.4. The van der Waals surface area contributed by atoms with E-state index < -0.39 is 21.8 Å². The van der Waals surface area contributed by atoms with Gasteiger partial charge in [0, 0.05) is 13.1 Å². The standard InChI is InChI=1S/C19H22FNO5S/c1-14(2)21(3)27(23,24)16-8-6-7-15(13-16)19(22)26-12-11-25-18-10-5-4-9-17(18)20/h4-10,13-14H,11-12H2,1-3H3. The van der Waals surface area contributed by atoms with E-state index in [1.54, 1.807) is 26.0 Å². The second-order valence-corrected chi connectivity index (χ2v) is 8.06. The van der Waals surface area contributed by atoms with Crippen molar-refractivity contribution in [1.82, 2.24) is 4.31 Å². The maximum Gasteiger partial charge on any atom is 0.338 e. The molecule has 0 aliphatic rings. The summed E-state index contributed by atoms with van der Waals surface area (Å²) in [5, 5.41) is 0. The minimum atomic E-state index is -3.70. The predicted octanol–water partition coefficient (Wildman–Crippen LogP) is 3.09. The van der Waals surface area contributed by atoms with E-state index in [1.165, 1.54) is 47.8 Å². The SMILES string of the molecule is CC(C)N(C)S(=O)(=O)c1cccc(C(=O)OCCOc2ccccc2F)c1. The normalized spacial score (nSPS) is 11.6. The van der Waals surface area contributed by atoms with Crippen molar-refractivity contribution in [2.24, 2.45) is 0 Å². The molecule has 6 nitrogen and oxygen atoms in total. The van der Waals surface area contributed by atoms with E-state index in [4.69, 9.17) is 9.47 Å². The summed E-state index contributed by atoms with van der Waals surface area (Å²) in [6.07, 6.45) is 0. The Morgan fingerprint density at radius 2 is 1.81 bits per heavy atom. The quantitative estimate of drug-likeness (QED) is 0.507. The lowest BCUT2D eigenvalue weighted by molar-refractivity contribution is 0.0448. The van der Waals surface area contributed by atoms with E-state index in [2.05, 4.69) is 0 Å².